The van der Waals surface area contributed by atoms with Gasteiger partial charge < -0.3 is 4.74 Å². The number of amides is 1. The molecule has 0 N–H and O–H groups in total. The molecule has 1 aliphatic heterocycles. The molecule has 1 amide bonds. The van der Waals surface area contributed by atoms with Crippen LogP contribution in [0.3, 0.4) is 0 Å². The minimum Gasteiger partial charge on any atom is -0.489 e. The molecule has 0 spiro atoms. The van der Waals surface area contributed by atoms with Crippen LogP contribution in [-0.4, -0.2) is 31.5 Å². The Hall–Kier alpha value is -3.68. The second kappa shape index (κ2) is 14.3. The largest absolute Gasteiger partial charge is 0.489 e. The SMILES string of the molecule is CCCCCCCCN1C(=O)C(=Cc2cn(-c3ccccc3)nc2-c2ccc(OCc3ccccc3)cc2)SC1=S. The molecule has 5 nitrogen and oxygen atoms in total. The van der Waals surface area contributed by atoms with Gasteiger partial charge in [0.2, 0.25) is 0 Å². The van der Waals surface area contributed by atoms with E-state index in [1.807, 2.05) is 102 Å². The highest BCUT2D eigenvalue weighted by Gasteiger charge is 2.32. The number of thioether (sulfide) groups is 1. The highest BCUT2D eigenvalue weighted by atomic mass is 32.2. The molecule has 41 heavy (non-hydrogen) atoms. The average Bonchev–Trinajstić information content (AvgIpc) is 3.55. The van der Waals surface area contributed by atoms with Crippen LogP contribution < -0.4 is 4.74 Å². The molecular formula is C34H35N3O2S2. The minimum absolute atomic E-state index is 0.0170. The molecule has 1 fully saturated rings. The molecule has 5 rings (SSSR count). The number of nitrogens with zero attached hydrogens (tertiary/aromatic N) is 3. The van der Waals surface area contributed by atoms with Crippen molar-refractivity contribution in [2.45, 2.75) is 52.1 Å². The molecule has 0 unspecified atom stereocenters. The summed E-state index contributed by atoms with van der Waals surface area (Å²) < 4.78 is 8.48. The molecule has 1 aromatic heterocycles. The van der Waals surface area contributed by atoms with Gasteiger partial charge in [-0.1, -0.05) is 112 Å². The maximum Gasteiger partial charge on any atom is 0.266 e. The molecule has 3 aromatic carbocycles. The number of ether oxygens (including phenoxy) is 1. The summed E-state index contributed by atoms with van der Waals surface area (Å²) in [5.74, 6) is 0.772. The summed E-state index contributed by atoms with van der Waals surface area (Å²) in [5.41, 5.74) is 4.68. The zero-order valence-corrected chi connectivity index (χ0v) is 25.0. The van der Waals surface area contributed by atoms with Crippen LogP contribution in [-0.2, 0) is 11.4 Å². The maximum absolute atomic E-state index is 13.4. The molecule has 0 saturated carbocycles. The second-order valence-corrected chi connectivity index (χ2v) is 11.8. The van der Waals surface area contributed by atoms with Gasteiger partial charge in [-0.3, -0.25) is 9.69 Å². The molecule has 4 aromatic rings. The lowest BCUT2D eigenvalue weighted by atomic mass is 10.1. The summed E-state index contributed by atoms with van der Waals surface area (Å²) in [7, 11) is 0. The number of rotatable bonds is 13. The number of para-hydroxylation sites is 1. The molecule has 1 saturated heterocycles. The third-order valence-corrected chi connectivity index (χ3v) is 8.41. The number of aromatic nitrogens is 2. The Balaban J connectivity index is 1.35. The number of carbonyl (C=O) groups is 1. The van der Waals surface area contributed by atoms with E-state index < -0.39 is 0 Å². The summed E-state index contributed by atoms with van der Waals surface area (Å²) in [6, 6.07) is 28.1. The van der Waals surface area contributed by atoms with Crippen LogP contribution >= 0.6 is 24.0 Å². The molecule has 210 valence electrons. The Bertz CT molecular complexity index is 1480. The number of hydrogen-bond acceptors (Lipinski definition) is 5. The van der Waals surface area contributed by atoms with Crippen LogP contribution in [0, 0.1) is 0 Å². The van der Waals surface area contributed by atoms with Gasteiger partial charge in [-0.2, -0.15) is 5.10 Å². The van der Waals surface area contributed by atoms with E-state index in [0.29, 0.717) is 22.4 Å². The molecular weight excluding hydrogens is 547 g/mol. The van der Waals surface area contributed by atoms with Crippen molar-refractivity contribution in [1.29, 1.82) is 0 Å². The molecule has 0 aliphatic carbocycles. The Kier molecular flexibility index (Phi) is 10.0. The fourth-order valence-electron chi connectivity index (χ4n) is 4.76. The number of benzene rings is 3. The van der Waals surface area contributed by atoms with Gasteiger partial charge in [0.05, 0.1) is 16.3 Å². The minimum atomic E-state index is -0.0170. The lowest BCUT2D eigenvalue weighted by molar-refractivity contribution is -0.122. The average molecular weight is 582 g/mol. The lowest BCUT2D eigenvalue weighted by Crippen LogP contribution is -2.29. The van der Waals surface area contributed by atoms with Gasteiger partial charge in [-0.15, -0.1) is 0 Å². The smallest absolute Gasteiger partial charge is 0.266 e. The van der Waals surface area contributed by atoms with Crippen LogP contribution in [0.5, 0.6) is 5.75 Å². The fourth-order valence-corrected chi connectivity index (χ4v) is 6.06. The van der Waals surface area contributed by atoms with E-state index in [1.165, 1.54) is 37.4 Å². The van der Waals surface area contributed by atoms with Crippen molar-refractivity contribution < 1.29 is 9.53 Å². The zero-order chi connectivity index (χ0) is 28.4. The van der Waals surface area contributed by atoms with E-state index in [-0.39, 0.29) is 5.91 Å². The van der Waals surface area contributed by atoms with Crippen LogP contribution in [0.25, 0.3) is 23.0 Å². The van der Waals surface area contributed by atoms with Gasteiger partial charge in [-0.25, -0.2) is 4.68 Å². The van der Waals surface area contributed by atoms with E-state index in [0.717, 1.165) is 46.7 Å². The second-order valence-electron chi connectivity index (χ2n) is 10.1. The van der Waals surface area contributed by atoms with Gasteiger partial charge >= 0.3 is 0 Å². The van der Waals surface area contributed by atoms with E-state index >= 15 is 0 Å². The molecule has 1 aliphatic rings. The van der Waals surface area contributed by atoms with E-state index in [2.05, 4.69) is 6.92 Å². The van der Waals surface area contributed by atoms with Crippen molar-refractivity contribution in [2.24, 2.45) is 0 Å². The molecule has 0 radical (unpaired) electrons. The summed E-state index contributed by atoms with van der Waals surface area (Å²) in [5, 5.41) is 4.93. The third kappa shape index (κ3) is 7.54. The number of thiocarbonyl (C=S) groups is 1. The van der Waals surface area contributed by atoms with Crippen molar-refractivity contribution in [3.05, 3.63) is 107 Å². The van der Waals surface area contributed by atoms with Crippen LogP contribution in [0.4, 0.5) is 0 Å². The first kappa shape index (κ1) is 28.8. The highest BCUT2D eigenvalue weighted by Crippen LogP contribution is 2.35. The van der Waals surface area contributed by atoms with Gasteiger partial charge in [-0.05, 0) is 54.5 Å². The van der Waals surface area contributed by atoms with Gasteiger partial charge in [0.1, 0.15) is 16.7 Å². The quantitative estimate of drug-likeness (QED) is 0.0898. The maximum atomic E-state index is 13.4. The normalized spacial score (nSPS) is 14.3. The van der Waals surface area contributed by atoms with Crippen LogP contribution in [0.15, 0.2) is 96.0 Å². The van der Waals surface area contributed by atoms with Gasteiger partial charge in [0.25, 0.3) is 5.91 Å². The van der Waals surface area contributed by atoms with E-state index in [9.17, 15) is 4.79 Å². The first-order valence-corrected chi connectivity index (χ1v) is 15.5. The summed E-state index contributed by atoms with van der Waals surface area (Å²) in [6.07, 6.45) is 11.0. The summed E-state index contributed by atoms with van der Waals surface area (Å²) >= 11 is 6.98. The first-order chi connectivity index (χ1) is 20.1. The summed E-state index contributed by atoms with van der Waals surface area (Å²) in [6.45, 7) is 3.40. The molecule has 7 heteroatoms. The Morgan fingerprint density at radius 2 is 1.56 bits per heavy atom. The number of unbranched alkanes of at least 4 members (excludes halogenated alkanes) is 5. The van der Waals surface area contributed by atoms with Crippen LogP contribution in [0.1, 0.15) is 56.6 Å². The predicted octanol–water partition coefficient (Wildman–Crippen LogP) is 8.68. The van der Waals surface area contributed by atoms with Crippen molar-refractivity contribution in [2.75, 3.05) is 6.54 Å². The third-order valence-electron chi connectivity index (χ3n) is 7.03. The van der Waals surface area contributed by atoms with Crippen molar-refractivity contribution >= 4 is 40.3 Å². The van der Waals surface area contributed by atoms with Gasteiger partial charge in [0, 0.05) is 23.9 Å². The topological polar surface area (TPSA) is 47.4 Å². The van der Waals surface area contributed by atoms with E-state index in [4.69, 9.17) is 22.1 Å². The monoisotopic (exact) mass is 581 g/mol. The lowest BCUT2D eigenvalue weighted by Gasteiger charge is -2.13. The molecule has 2 heterocycles. The van der Waals surface area contributed by atoms with Crippen LogP contribution in [0.2, 0.25) is 0 Å². The number of hydrogen-bond donors (Lipinski definition) is 0. The van der Waals surface area contributed by atoms with Gasteiger partial charge in [0.15, 0.2) is 0 Å². The first-order valence-electron chi connectivity index (χ1n) is 14.3. The van der Waals surface area contributed by atoms with Crippen molar-refractivity contribution in [3.63, 3.8) is 0 Å². The predicted molar refractivity (Wildman–Crippen MR) is 173 cm³/mol. The zero-order valence-electron chi connectivity index (χ0n) is 23.4. The van der Waals surface area contributed by atoms with E-state index in [1.54, 1.807) is 4.90 Å². The summed E-state index contributed by atoms with van der Waals surface area (Å²) in [4.78, 5) is 15.7. The Morgan fingerprint density at radius 3 is 2.29 bits per heavy atom. The fraction of sp³-hybridized carbons (Fsp3) is 0.265. The molecule has 0 atom stereocenters. The number of carbonyl (C=O) groups excluding carboxylic acids is 1. The Morgan fingerprint density at radius 1 is 0.878 bits per heavy atom. The van der Waals surface area contributed by atoms with Crippen molar-refractivity contribution in [1.82, 2.24) is 14.7 Å². The standard InChI is InChI=1S/C34H35N3O2S2/c1-2-3-4-5-6-13-22-36-33(38)31(41-34(36)40)23-28-24-37(29-16-11-8-12-17-29)35-32(28)27-18-20-30(21-19-27)39-25-26-14-9-7-10-15-26/h7-12,14-21,23-24H,2-6,13,22,25H2,1H3. The Labute approximate surface area is 252 Å². The van der Waals surface area contributed by atoms with Crippen molar-refractivity contribution in [3.8, 4) is 22.7 Å². The highest BCUT2D eigenvalue weighted by molar-refractivity contribution is 8.26. The molecule has 0 bridgehead atoms.